The summed E-state index contributed by atoms with van der Waals surface area (Å²) in [5.74, 6) is 1.17. The molecule has 4 rings (SSSR count). The van der Waals surface area contributed by atoms with Gasteiger partial charge in [-0.3, -0.25) is 9.69 Å². The smallest absolute Gasteiger partial charge is 0.308 e. The standard InChI is InChI=1S/C22H31N3O3S/c26-22(17-8-4-3-5-9-17)27-15-12-20-23-21(28-24-20)19-11-10-18(29-19)16-25-13-6-1-2-7-14-25/h10-11,17H,1-9,12-16H2. The summed E-state index contributed by atoms with van der Waals surface area (Å²) in [4.78, 5) is 21.5. The zero-order chi connectivity index (χ0) is 19.9. The van der Waals surface area contributed by atoms with Crippen molar-refractivity contribution in [1.82, 2.24) is 15.0 Å². The van der Waals surface area contributed by atoms with Gasteiger partial charge in [-0.1, -0.05) is 37.3 Å². The first kappa shape index (κ1) is 20.5. The number of ether oxygens (including phenoxy) is 1. The van der Waals surface area contributed by atoms with Gasteiger partial charge >= 0.3 is 5.97 Å². The molecule has 0 amide bonds. The van der Waals surface area contributed by atoms with Crippen molar-refractivity contribution < 1.29 is 14.1 Å². The fourth-order valence-corrected chi connectivity index (χ4v) is 5.22. The summed E-state index contributed by atoms with van der Waals surface area (Å²) < 4.78 is 10.9. The Morgan fingerprint density at radius 2 is 1.86 bits per heavy atom. The van der Waals surface area contributed by atoms with E-state index in [0.717, 1.165) is 37.1 Å². The fraction of sp³-hybridized carbons (Fsp3) is 0.682. The number of carbonyl (C=O) groups excluding carboxylic acids is 1. The Labute approximate surface area is 176 Å². The molecule has 1 saturated heterocycles. The van der Waals surface area contributed by atoms with Crippen LogP contribution in [0.4, 0.5) is 0 Å². The first-order valence-corrected chi connectivity index (χ1v) is 11.9. The van der Waals surface area contributed by atoms with Gasteiger partial charge in [0.1, 0.15) is 0 Å². The molecule has 0 radical (unpaired) electrons. The number of hydrogen-bond acceptors (Lipinski definition) is 7. The molecule has 3 heterocycles. The van der Waals surface area contributed by atoms with E-state index in [1.165, 1.54) is 50.1 Å². The minimum atomic E-state index is -0.0650. The van der Waals surface area contributed by atoms with Gasteiger partial charge in [0.05, 0.1) is 17.4 Å². The maximum atomic E-state index is 12.1. The Kier molecular flexibility index (Phi) is 7.33. The zero-order valence-electron chi connectivity index (χ0n) is 17.1. The maximum Gasteiger partial charge on any atom is 0.308 e. The Morgan fingerprint density at radius 1 is 1.10 bits per heavy atom. The molecule has 6 nitrogen and oxygen atoms in total. The lowest BCUT2D eigenvalue weighted by Crippen LogP contribution is -2.23. The van der Waals surface area contributed by atoms with Gasteiger partial charge in [0, 0.05) is 17.8 Å². The van der Waals surface area contributed by atoms with E-state index in [2.05, 4.69) is 27.2 Å². The second kappa shape index (κ2) is 10.3. The van der Waals surface area contributed by atoms with Crippen LogP contribution in [0.2, 0.25) is 0 Å². The van der Waals surface area contributed by atoms with Crippen LogP contribution in [-0.2, 0) is 22.5 Å². The minimum Gasteiger partial charge on any atom is -0.465 e. The lowest BCUT2D eigenvalue weighted by molar-refractivity contribution is -0.149. The van der Waals surface area contributed by atoms with Crippen LogP contribution in [0, 0.1) is 5.92 Å². The molecule has 158 valence electrons. The van der Waals surface area contributed by atoms with Crippen LogP contribution in [0.5, 0.6) is 0 Å². The normalized spacial score (nSPS) is 19.2. The van der Waals surface area contributed by atoms with Gasteiger partial charge in [-0.15, -0.1) is 11.3 Å². The lowest BCUT2D eigenvalue weighted by Gasteiger charge is -2.19. The summed E-state index contributed by atoms with van der Waals surface area (Å²) in [5.41, 5.74) is 0. The molecular weight excluding hydrogens is 386 g/mol. The summed E-state index contributed by atoms with van der Waals surface area (Å²) >= 11 is 1.72. The van der Waals surface area contributed by atoms with Crippen molar-refractivity contribution >= 4 is 17.3 Å². The van der Waals surface area contributed by atoms with E-state index in [1.807, 2.05) is 0 Å². The number of likely N-dealkylation sites (tertiary alicyclic amines) is 1. The molecular formula is C22H31N3O3S. The maximum absolute atomic E-state index is 12.1. The van der Waals surface area contributed by atoms with Crippen LogP contribution in [0.15, 0.2) is 16.7 Å². The summed E-state index contributed by atoms with van der Waals surface area (Å²) in [5, 5.41) is 4.06. The molecule has 0 atom stereocenters. The van der Waals surface area contributed by atoms with E-state index < -0.39 is 0 Å². The fourth-order valence-electron chi connectivity index (χ4n) is 4.25. The van der Waals surface area contributed by atoms with E-state index in [-0.39, 0.29) is 11.9 Å². The van der Waals surface area contributed by atoms with Crippen molar-refractivity contribution in [2.24, 2.45) is 5.92 Å². The van der Waals surface area contributed by atoms with Crippen LogP contribution in [0.1, 0.15) is 68.5 Å². The number of aromatic nitrogens is 2. The third-order valence-corrected chi connectivity index (χ3v) is 6.99. The molecule has 29 heavy (non-hydrogen) atoms. The molecule has 2 aliphatic rings. The summed E-state index contributed by atoms with van der Waals surface area (Å²) in [6, 6.07) is 4.24. The van der Waals surface area contributed by atoms with Gasteiger partial charge in [0.25, 0.3) is 5.89 Å². The van der Waals surface area contributed by atoms with Gasteiger partial charge in [-0.05, 0) is 50.9 Å². The van der Waals surface area contributed by atoms with Crippen molar-refractivity contribution in [3.63, 3.8) is 0 Å². The Bertz CT molecular complexity index is 774. The third kappa shape index (κ3) is 5.89. The Hall–Kier alpha value is -1.73. The quantitative estimate of drug-likeness (QED) is 0.601. The highest BCUT2D eigenvalue weighted by Crippen LogP contribution is 2.28. The van der Waals surface area contributed by atoms with Gasteiger partial charge in [0.15, 0.2) is 5.82 Å². The lowest BCUT2D eigenvalue weighted by atomic mass is 9.89. The van der Waals surface area contributed by atoms with Crippen molar-refractivity contribution in [2.45, 2.75) is 70.8 Å². The van der Waals surface area contributed by atoms with E-state index >= 15 is 0 Å². The average molecular weight is 418 g/mol. The number of nitrogens with zero attached hydrogens (tertiary/aromatic N) is 3. The van der Waals surface area contributed by atoms with E-state index in [0.29, 0.717) is 24.7 Å². The highest BCUT2D eigenvalue weighted by atomic mass is 32.1. The molecule has 0 spiro atoms. The summed E-state index contributed by atoms with van der Waals surface area (Å²) in [7, 11) is 0. The Morgan fingerprint density at radius 3 is 2.66 bits per heavy atom. The second-order valence-electron chi connectivity index (χ2n) is 8.22. The minimum absolute atomic E-state index is 0.0650. The monoisotopic (exact) mass is 417 g/mol. The number of hydrogen-bond donors (Lipinski definition) is 0. The van der Waals surface area contributed by atoms with Gasteiger partial charge in [-0.2, -0.15) is 4.98 Å². The van der Waals surface area contributed by atoms with Crippen LogP contribution in [0.3, 0.4) is 0 Å². The molecule has 7 heteroatoms. The molecule has 0 N–H and O–H groups in total. The molecule has 1 aliphatic heterocycles. The van der Waals surface area contributed by atoms with Crippen LogP contribution in [0.25, 0.3) is 10.8 Å². The molecule has 0 aromatic carbocycles. The van der Waals surface area contributed by atoms with E-state index in [9.17, 15) is 4.79 Å². The number of esters is 1. The molecule has 2 aromatic heterocycles. The molecule has 1 saturated carbocycles. The third-order valence-electron chi connectivity index (χ3n) is 5.93. The highest BCUT2D eigenvalue weighted by Gasteiger charge is 2.22. The van der Waals surface area contributed by atoms with E-state index in [1.54, 1.807) is 11.3 Å². The van der Waals surface area contributed by atoms with Crippen LogP contribution in [-0.4, -0.2) is 40.7 Å². The van der Waals surface area contributed by atoms with Gasteiger partial charge < -0.3 is 9.26 Å². The van der Waals surface area contributed by atoms with Crippen molar-refractivity contribution in [2.75, 3.05) is 19.7 Å². The van der Waals surface area contributed by atoms with Crippen molar-refractivity contribution in [3.05, 3.63) is 22.8 Å². The summed E-state index contributed by atoms with van der Waals surface area (Å²) in [6.07, 6.45) is 11.2. The SMILES string of the molecule is O=C(OCCc1noc(-c2ccc(CN3CCCCCC3)s2)n1)C1CCCCC1. The van der Waals surface area contributed by atoms with Crippen molar-refractivity contribution in [3.8, 4) is 10.8 Å². The summed E-state index contributed by atoms with van der Waals surface area (Å²) in [6.45, 7) is 3.71. The topological polar surface area (TPSA) is 68.5 Å². The Balaban J connectivity index is 1.25. The highest BCUT2D eigenvalue weighted by molar-refractivity contribution is 7.15. The molecule has 2 fully saturated rings. The molecule has 1 aliphatic carbocycles. The molecule has 2 aromatic rings. The first-order chi connectivity index (χ1) is 14.3. The first-order valence-electron chi connectivity index (χ1n) is 11.1. The number of carbonyl (C=O) groups is 1. The molecule has 0 bridgehead atoms. The average Bonchev–Trinajstić information content (AvgIpc) is 3.33. The second-order valence-corrected chi connectivity index (χ2v) is 9.39. The number of rotatable bonds is 7. The zero-order valence-corrected chi connectivity index (χ0v) is 17.9. The molecule has 0 unspecified atom stereocenters. The van der Waals surface area contributed by atoms with E-state index in [4.69, 9.17) is 9.26 Å². The predicted octanol–water partition coefficient (Wildman–Crippen LogP) is 4.84. The van der Waals surface area contributed by atoms with Crippen LogP contribution < -0.4 is 0 Å². The van der Waals surface area contributed by atoms with Gasteiger partial charge in [-0.25, -0.2) is 0 Å². The number of thiophene rings is 1. The van der Waals surface area contributed by atoms with Gasteiger partial charge in [0.2, 0.25) is 0 Å². The largest absolute Gasteiger partial charge is 0.465 e. The van der Waals surface area contributed by atoms with Crippen molar-refractivity contribution in [1.29, 1.82) is 0 Å². The van der Waals surface area contributed by atoms with Crippen LogP contribution >= 0.6 is 11.3 Å². The predicted molar refractivity (Wildman–Crippen MR) is 113 cm³/mol.